The van der Waals surface area contributed by atoms with Crippen molar-refractivity contribution in [2.24, 2.45) is 0 Å². The van der Waals surface area contributed by atoms with E-state index in [1.165, 1.54) is 0 Å². The zero-order valence-corrected chi connectivity index (χ0v) is 24.0. The molecular weight excluding hydrogens is 569 g/mol. The van der Waals surface area contributed by atoms with Gasteiger partial charge >= 0.3 is 0 Å². The van der Waals surface area contributed by atoms with Crippen molar-refractivity contribution in [3.63, 3.8) is 0 Å². The van der Waals surface area contributed by atoms with E-state index in [-0.39, 0.29) is 55.0 Å². The van der Waals surface area contributed by atoms with E-state index in [1.807, 2.05) is 0 Å². The number of hydrogen-bond acceptors (Lipinski definition) is 1. The van der Waals surface area contributed by atoms with E-state index < -0.39 is 143 Å². The molecule has 0 bridgehead atoms. The summed E-state index contributed by atoms with van der Waals surface area (Å²) < 4.78 is 184. The molecule has 0 saturated heterocycles. The minimum absolute atomic E-state index is 0.123. The van der Waals surface area contributed by atoms with Crippen LogP contribution in [0.2, 0.25) is 0 Å². The van der Waals surface area contributed by atoms with Crippen molar-refractivity contribution >= 4 is 65.0 Å². The van der Waals surface area contributed by atoms with Crippen LogP contribution >= 0.6 is 0 Å². The van der Waals surface area contributed by atoms with Crippen molar-refractivity contribution in [2.75, 3.05) is 0 Å². The summed E-state index contributed by atoms with van der Waals surface area (Å²) in [5.41, 5.74) is -1.57. The van der Waals surface area contributed by atoms with Crippen LogP contribution in [0, 0.1) is 0 Å². The second kappa shape index (κ2) is 10.2. The summed E-state index contributed by atoms with van der Waals surface area (Å²) >= 11 is 0. The molecule has 218 valence electrons. The Hall–Kier alpha value is -6.18. The molecule has 0 aliphatic heterocycles. The monoisotopic (exact) mass is 616 g/mol. The van der Waals surface area contributed by atoms with Crippen LogP contribution in [0.3, 0.4) is 0 Å². The molecule has 10 rings (SSSR count). The highest BCUT2D eigenvalue weighted by atomic mass is 16.3. The second-order valence-corrected chi connectivity index (χ2v) is 10.9. The second-order valence-electron chi connectivity index (χ2n) is 10.9. The Bertz CT molecular complexity index is 3930. The average molecular weight is 617 g/mol. The Morgan fingerprint density at radius 1 is 0.362 bits per heavy atom. The lowest BCUT2D eigenvalue weighted by molar-refractivity contribution is 0.672. The first-order chi connectivity index (χ1) is 31.7. The normalized spacial score (nSPS) is 17.8. The molecule has 9 aromatic carbocycles. The van der Waals surface area contributed by atoms with E-state index in [0.717, 1.165) is 0 Å². The Morgan fingerprint density at radius 2 is 0.936 bits per heavy atom. The van der Waals surface area contributed by atoms with Gasteiger partial charge in [-0.3, -0.25) is 0 Å². The third-order valence-electron chi connectivity index (χ3n) is 8.24. The number of fused-ring (bicyclic) bond motifs is 8. The van der Waals surface area contributed by atoms with Crippen molar-refractivity contribution in [3.05, 3.63) is 169 Å². The fourth-order valence-corrected chi connectivity index (χ4v) is 6.20. The summed E-state index contributed by atoms with van der Waals surface area (Å²) in [6, 6.07) is 0.766. The van der Waals surface area contributed by atoms with Gasteiger partial charge in [0.25, 0.3) is 0 Å². The molecule has 0 saturated carbocycles. The fraction of sp³-hybridized carbons (Fsp3) is 0. The maximum atomic E-state index is 9.78. The highest BCUT2D eigenvalue weighted by molar-refractivity contribution is 6.23. The molecule has 1 heterocycles. The molecule has 1 aromatic heterocycles. The zero-order valence-electron chi connectivity index (χ0n) is 44.0. The van der Waals surface area contributed by atoms with Gasteiger partial charge in [0.1, 0.15) is 11.2 Å². The van der Waals surface area contributed by atoms with Gasteiger partial charge in [0.15, 0.2) is 0 Å². The summed E-state index contributed by atoms with van der Waals surface area (Å²) in [6.45, 7) is 0. The van der Waals surface area contributed by atoms with Gasteiger partial charge in [0.2, 0.25) is 0 Å². The topological polar surface area (TPSA) is 13.1 Å². The quantitative estimate of drug-likeness (QED) is 0.180. The SMILES string of the molecule is [2H]c1c([2H])c(-c2c([2H])c([2H])c3c([2H])c([2H])c([2H])c([2H])c3c2[2H])c([2H])c(-c2c3ccccc3c(-c3c([2H])c([2H])c4oc5c6c([2H])c([2H])c([2H])c([2H])c6c([2H])c([2H])c5c4c3[2H])c3ccccc23)c1[2H]. The van der Waals surface area contributed by atoms with E-state index in [2.05, 4.69) is 0 Å². The molecule has 1 nitrogen and oxygen atoms in total. The first kappa shape index (κ1) is 13.3. The van der Waals surface area contributed by atoms with Crippen LogP contribution < -0.4 is 0 Å². The maximum Gasteiger partial charge on any atom is 0.143 e. The first-order valence-corrected chi connectivity index (χ1v) is 14.6. The van der Waals surface area contributed by atoms with Gasteiger partial charge in [0, 0.05) is 16.2 Å². The van der Waals surface area contributed by atoms with Crippen LogP contribution in [-0.2, 0) is 0 Å². The van der Waals surface area contributed by atoms with Gasteiger partial charge < -0.3 is 4.42 Å². The number of benzene rings is 9. The number of rotatable bonds is 3. The third kappa shape index (κ3) is 4.03. The highest BCUT2D eigenvalue weighted by Crippen LogP contribution is 2.45. The van der Waals surface area contributed by atoms with Crippen molar-refractivity contribution in [3.8, 4) is 33.4 Å². The van der Waals surface area contributed by atoms with Crippen molar-refractivity contribution in [1.29, 1.82) is 0 Å². The molecule has 0 atom stereocenters. The summed E-state index contributed by atoms with van der Waals surface area (Å²) in [5, 5.41) is -0.439. The molecule has 1 heteroatoms. The van der Waals surface area contributed by atoms with Gasteiger partial charge in [-0.1, -0.05) is 139 Å². The smallest absolute Gasteiger partial charge is 0.143 e. The lowest BCUT2D eigenvalue weighted by atomic mass is 9.85. The van der Waals surface area contributed by atoms with Crippen LogP contribution in [0.4, 0.5) is 0 Å². The van der Waals surface area contributed by atoms with Gasteiger partial charge in [-0.15, -0.1) is 0 Å². The van der Waals surface area contributed by atoms with E-state index in [4.69, 9.17) is 23.6 Å². The molecule has 0 amide bonds. The van der Waals surface area contributed by atoms with Crippen molar-refractivity contribution < 1.29 is 31.8 Å². The Kier molecular flexibility index (Phi) is 2.87. The van der Waals surface area contributed by atoms with E-state index in [9.17, 15) is 8.22 Å². The Morgan fingerprint density at radius 3 is 1.68 bits per heavy atom. The molecule has 0 spiro atoms. The van der Waals surface area contributed by atoms with E-state index in [0.29, 0.717) is 21.5 Å². The molecular formula is C46H28O. The molecule has 10 aromatic rings. The van der Waals surface area contributed by atoms with Crippen LogP contribution in [-0.4, -0.2) is 0 Å². The van der Waals surface area contributed by atoms with Crippen molar-refractivity contribution in [1.82, 2.24) is 0 Å². The molecule has 0 fully saturated rings. The summed E-state index contributed by atoms with van der Waals surface area (Å²) in [4.78, 5) is 0. The van der Waals surface area contributed by atoms with Crippen LogP contribution in [0.25, 0.3) is 98.4 Å². The minimum atomic E-state index is -0.737. The zero-order chi connectivity index (χ0) is 48.3. The molecule has 0 N–H and O–H groups in total. The van der Waals surface area contributed by atoms with Crippen LogP contribution in [0.15, 0.2) is 174 Å². The summed E-state index contributed by atoms with van der Waals surface area (Å²) in [6.07, 6.45) is 0. The predicted molar refractivity (Wildman–Crippen MR) is 200 cm³/mol. The lowest BCUT2D eigenvalue weighted by Gasteiger charge is -2.18. The van der Waals surface area contributed by atoms with E-state index >= 15 is 0 Å². The Labute approximate surface area is 300 Å². The largest absolute Gasteiger partial charge is 0.455 e. The minimum Gasteiger partial charge on any atom is -0.455 e. The number of hydrogen-bond donors (Lipinski definition) is 0. The highest BCUT2D eigenvalue weighted by Gasteiger charge is 2.18. The molecule has 47 heavy (non-hydrogen) atoms. The van der Waals surface area contributed by atoms with E-state index in [1.54, 1.807) is 48.5 Å². The number of furan rings is 1. The Balaban J connectivity index is 1.34. The average Bonchev–Trinajstić information content (AvgIpc) is 3.72. The first-order valence-electron chi connectivity index (χ1n) is 24.6. The van der Waals surface area contributed by atoms with Crippen molar-refractivity contribution in [2.45, 2.75) is 0 Å². The van der Waals surface area contributed by atoms with Gasteiger partial charge in [0.05, 0.1) is 27.4 Å². The van der Waals surface area contributed by atoms with Gasteiger partial charge in [-0.05, 0) is 101 Å². The standard InChI is InChI=1S/C46H28O/c1-2-12-31-26-33(21-20-29(31)10-1)32-13-9-14-34(27-32)44-37-16-5-7-18-39(37)45(40-19-8-6-17-38(40)44)35-23-25-43-42(28-35)41-24-22-30-11-3-4-15-36(30)46(41)47-43/h1-28H/i1D,2D,3D,4D,9D,10D,11D,12D,13D,14D,15D,20D,21D,22D,23D,24D,25D,26D,27D,28D. The molecule has 0 aliphatic rings. The fourth-order valence-electron chi connectivity index (χ4n) is 6.20. The van der Waals surface area contributed by atoms with Gasteiger partial charge in [-0.2, -0.15) is 0 Å². The third-order valence-corrected chi connectivity index (χ3v) is 8.24. The van der Waals surface area contributed by atoms with Crippen LogP contribution in [0.1, 0.15) is 27.4 Å². The molecule has 0 aliphatic carbocycles. The molecule has 0 unspecified atom stereocenters. The predicted octanol–water partition coefficient (Wildman–Crippen LogP) is 13.2. The molecule has 0 radical (unpaired) electrons. The summed E-state index contributed by atoms with van der Waals surface area (Å²) in [5.74, 6) is 0. The summed E-state index contributed by atoms with van der Waals surface area (Å²) in [7, 11) is 0. The van der Waals surface area contributed by atoms with Gasteiger partial charge in [-0.25, -0.2) is 0 Å². The lowest BCUT2D eigenvalue weighted by Crippen LogP contribution is -1.91. The van der Waals surface area contributed by atoms with Crippen LogP contribution in [0.5, 0.6) is 0 Å². The maximum absolute atomic E-state index is 9.78.